The van der Waals surface area contributed by atoms with Crippen LogP contribution in [0.2, 0.25) is 10.0 Å². The third-order valence-electron chi connectivity index (χ3n) is 2.95. The van der Waals surface area contributed by atoms with Crippen molar-refractivity contribution in [2.24, 2.45) is 0 Å². The Kier molecular flexibility index (Phi) is 4.53. The van der Waals surface area contributed by atoms with Gasteiger partial charge in [-0.25, -0.2) is 0 Å². The molecule has 1 atom stereocenters. The fourth-order valence-electron chi connectivity index (χ4n) is 1.90. The summed E-state index contributed by atoms with van der Waals surface area (Å²) >= 11 is 12.1. The summed E-state index contributed by atoms with van der Waals surface area (Å²) in [5, 5.41) is 3.83. The molecule has 2 aromatic carbocycles. The maximum Gasteiger partial charge on any atom is 0.253 e. The second kappa shape index (κ2) is 6.16. The van der Waals surface area contributed by atoms with Crippen LogP contribution in [0.3, 0.4) is 0 Å². The lowest BCUT2D eigenvalue weighted by Gasteiger charge is -2.16. The molecule has 1 unspecified atom stereocenters. The number of benzene rings is 2. The second-order valence-corrected chi connectivity index (χ2v) is 5.27. The summed E-state index contributed by atoms with van der Waals surface area (Å²) in [6, 6.07) is 11.9. The van der Waals surface area contributed by atoms with Gasteiger partial charge in [-0.2, -0.15) is 0 Å². The maximum absolute atomic E-state index is 12.2. The van der Waals surface area contributed by atoms with Crippen molar-refractivity contribution in [2.45, 2.75) is 13.0 Å². The average molecular weight is 309 g/mol. The van der Waals surface area contributed by atoms with E-state index in [1.54, 1.807) is 24.3 Å². The Hall–Kier alpha value is -1.71. The lowest BCUT2D eigenvalue weighted by atomic mass is 10.1. The molecule has 3 nitrogen and oxygen atoms in total. The molecule has 5 heteroatoms. The van der Waals surface area contributed by atoms with Crippen molar-refractivity contribution in [3.63, 3.8) is 0 Å². The third-order valence-corrected chi connectivity index (χ3v) is 3.63. The van der Waals surface area contributed by atoms with Crippen LogP contribution in [0, 0.1) is 0 Å². The van der Waals surface area contributed by atoms with Gasteiger partial charge in [-0.05, 0) is 36.8 Å². The number of rotatable bonds is 3. The van der Waals surface area contributed by atoms with Crippen molar-refractivity contribution >= 4 is 34.8 Å². The first kappa shape index (κ1) is 14.7. The second-order valence-electron chi connectivity index (χ2n) is 4.46. The molecule has 2 aromatic rings. The molecule has 0 bridgehead atoms. The van der Waals surface area contributed by atoms with Gasteiger partial charge in [0.05, 0.1) is 16.6 Å². The smallest absolute Gasteiger partial charge is 0.253 e. The summed E-state index contributed by atoms with van der Waals surface area (Å²) in [6.45, 7) is 1.86. The quantitative estimate of drug-likeness (QED) is 0.840. The molecule has 1 amide bonds. The molecule has 0 heterocycles. The zero-order valence-corrected chi connectivity index (χ0v) is 12.4. The van der Waals surface area contributed by atoms with Crippen LogP contribution in [0.5, 0.6) is 0 Å². The van der Waals surface area contributed by atoms with Crippen molar-refractivity contribution in [3.8, 4) is 0 Å². The lowest BCUT2D eigenvalue weighted by molar-refractivity contribution is 0.0940. The Morgan fingerprint density at radius 3 is 2.55 bits per heavy atom. The van der Waals surface area contributed by atoms with Crippen LogP contribution in [-0.2, 0) is 0 Å². The minimum Gasteiger partial charge on any atom is -0.399 e. The van der Waals surface area contributed by atoms with Gasteiger partial charge in [0.15, 0.2) is 0 Å². The van der Waals surface area contributed by atoms with Crippen LogP contribution in [0.25, 0.3) is 0 Å². The molecule has 0 radical (unpaired) electrons. The van der Waals surface area contributed by atoms with Gasteiger partial charge in [0.1, 0.15) is 0 Å². The van der Waals surface area contributed by atoms with Crippen molar-refractivity contribution < 1.29 is 4.79 Å². The highest BCUT2D eigenvalue weighted by Crippen LogP contribution is 2.24. The van der Waals surface area contributed by atoms with Crippen LogP contribution < -0.4 is 11.1 Å². The minimum absolute atomic E-state index is 0.228. The average Bonchev–Trinajstić information content (AvgIpc) is 2.41. The Bertz CT molecular complexity index is 644. The number of carbonyl (C=O) groups excluding carboxylic acids is 1. The zero-order chi connectivity index (χ0) is 14.7. The Morgan fingerprint density at radius 1 is 1.15 bits per heavy atom. The van der Waals surface area contributed by atoms with Gasteiger partial charge < -0.3 is 11.1 Å². The van der Waals surface area contributed by atoms with E-state index in [-0.39, 0.29) is 11.9 Å². The molecule has 0 spiro atoms. The summed E-state index contributed by atoms with van der Waals surface area (Å²) < 4.78 is 0. The first-order valence-electron chi connectivity index (χ1n) is 6.09. The lowest BCUT2D eigenvalue weighted by Crippen LogP contribution is -2.27. The Balaban J connectivity index is 2.20. The number of anilines is 1. The molecule has 104 valence electrons. The number of carbonyl (C=O) groups is 1. The summed E-state index contributed by atoms with van der Waals surface area (Å²) in [4.78, 5) is 12.2. The van der Waals surface area contributed by atoms with E-state index in [2.05, 4.69) is 5.32 Å². The minimum atomic E-state index is -0.283. The molecule has 0 saturated carbocycles. The monoisotopic (exact) mass is 308 g/mol. The van der Waals surface area contributed by atoms with E-state index in [0.717, 1.165) is 5.56 Å². The Labute approximate surface area is 127 Å². The number of nitrogens with one attached hydrogen (secondary N) is 1. The molecule has 0 fully saturated rings. The molecule has 0 aliphatic heterocycles. The highest BCUT2D eigenvalue weighted by molar-refractivity contribution is 6.34. The summed E-state index contributed by atoms with van der Waals surface area (Å²) in [7, 11) is 0. The summed E-state index contributed by atoms with van der Waals surface area (Å²) in [6.07, 6.45) is 0. The van der Waals surface area contributed by atoms with E-state index in [1.807, 2.05) is 25.1 Å². The van der Waals surface area contributed by atoms with Gasteiger partial charge >= 0.3 is 0 Å². The van der Waals surface area contributed by atoms with Gasteiger partial charge in [-0.15, -0.1) is 0 Å². The number of halogens is 2. The van der Waals surface area contributed by atoms with E-state index in [9.17, 15) is 4.79 Å². The van der Waals surface area contributed by atoms with E-state index in [1.165, 1.54) is 0 Å². The van der Waals surface area contributed by atoms with Crippen molar-refractivity contribution in [2.75, 3.05) is 5.73 Å². The molecule has 2 rings (SSSR count). The zero-order valence-electron chi connectivity index (χ0n) is 10.9. The van der Waals surface area contributed by atoms with Crippen molar-refractivity contribution in [3.05, 3.63) is 63.6 Å². The molecular formula is C15H14Cl2N2O. The van der Waals surface area contributed by atoms with Crippen LogP contribution in [-0.4, -0.2) is 5.91 Å². The topological polar surface area (TPSA) is 55.1 Å². The van der Waals surface area contributed by atoms with Crippen LogP contribution >= 0.6 is 23.2 Å². The predicted octanol–water partition coefficient (Wildman–Crippen LogP) is 4.07. The molecule has 0 aliphatic rings. The highest BCUT2D eigenvalue weighted by atomic mass is 35.5. The van der Waals surface area contributed by atoms with E-state index < -0.39 is 0 Å². The number of nitrogens with two attached hydrogens (primary N) is 1. The molecule has 0 aliphatic carbocycles. The summed E-state index contributed by atoms with van der Waals surface area (Å²) in [5.74, 6) is -0.283. The van der Waals surface area contributed by atoms with E-state index in [4.69, 9.17) is 28.9 Å². The largest absolute Gasteiger partial charge is 0.399 e. The number of amides is 1. The highest BCUT2D eigenvalue weighted by Gasteiger charge is 2.16. The van der Waals surface area contributed by atoms with Gasteiger partial charge in [0, 0.05) is 10.7 Å². The fraction of sp³-hybridized carbons (Fsp3) is 0.133. The maximum atomic E-state index is 12.2. The Morgan fingerprint density at radius 2 is 1.85 bits per heavy atom. The number of hydrogen-bond donors (Lipinski definition) is 2. The van der Waals surface area contributed by atoms with Crippen molar-refractivity contribution in [1.29, 1.82) is 0 Å². The standard InChI is InChI=1S/C15H14Cl2N2O/c1-9(11-4-2-3-5-13(11)16)19-15(20)12-8-10(18)6-7-14(12)17/h2-9H,18H2,1H3,(H,19,20). The first-order valence-corrected chi connectivity index (χ1v) is 6.85. The fourth-order valence-corrected chi connectivity index (χ4v) is 2.40. The van der Waals surface area contributed by atoms with E-state index in [0.29, 0.717) is 21.3 Å². The molecule has 3 N–H and O–H groups in total. The van der Waals surface area contributed by atoms with Crippen LogP contribution in [0.15, 0.2) is 42.5 Å². The van der Waals surface area contributed by atoms with Crippen molar-refractivity contribution in [1.82, 2.24) is 5.32 Å². The number of hydrogen-bond acceptors (Lipinski definition) is 2. The van der Waals surface area contributed by atoms with Gasteiger partial charge in [-0.1, -0.05) is 41.4 Å². The molecule has 20 heavy (non-hydrogen) atoms. The predicted molar refractivity (Wildman–Crippen MR) is 83.2 cm³/mol. The molecular weight excluding hydrogens is 295 g/mol. The van der Waals surface area contributed by atoms with Crippen LogP contribution in [0.1, 0.15) is 28.9 Å². The van der Waals surface area contributed by atoms with Crippen LogP contribution in [0.4, 0.5) is 5.69 Å². The molecule has 0 aromatic heterocycles. The number of nitrogen functional groups attached to an aromatic ring is 1. The third kappa shape index (κ3) is 3.24. The molecule has 0 saturated heterocycles. The summed E-state index contributed by atoms with van der Waals surface area (Å²) in [5.41, 5.74) is 7.36. The van der Waals surface area contributed by atoms with Gasteiger partial charge in [0.2, 0.25) is 0 Å². The van der Waals surface area contributed by atoms with Gasteiger partial charge in [-0.3, -0.25) is 4.79 Å². The SMILES string of the molecule is CC(NC(=O)c1cc(N)ccc1Cl)c1ccccc1Cl. The first-order chi connectivity index (χ1) is 9.49. The van der Waals surface area contributed by atoms with E-state index >= 15 is 0 Å². The normalized spacial score (nSPS) is 11.9. The van der Waals surface area contributed by atoms with Gasteiger partial charge in [0.25, 0.3) is 5.91 Å².